The number of urea groups is 1. The quantitative estimate of drug-likeness (QED) is 0.731. The van der Waals surface area contributed by atoms with Crippen LogP contribution in [0.1, 0.15) is 12.0 Å². The molecule has 1 aromatic heterocycles. The van der Waals surface area contributed by atoms with Gasteiger partial charge in [0.05, 0.1) is 19.3 Å². The van der Waals surface area contributed by atoms with E-state index in [0.29, 0.717) is 37.8 Å². The topological polar surface area (TPSA) is 75.2 Å². The molecule has 2 saturated heterocycles. The van der Waals surface area contributed by atoms with Crippen LogP contribution in [0.25, 0.3) is 0 Å². The molecule has 8 nitrogen and oxygen atoms in total. The molecule has 3 amide bonds. The van der Waals surface area contributed by atoms with Crippen molar-refractivity contribution in [2.24, 2.45) is 0 Å². The molecule has 30 heavy (non-hydrogen) atoms. The van der Waals surface area contributed by atoms with Gasteiger partial charge in [-0.3, -0.25) is 9.69 Å². The summed E-state index contributed by atoms with van der Waals surface area (Å²) < 4.78 is 11.3. The maximum atomic E-state index is 12.9. The first-order chi connectivity index (χ1) is 14.5. The summed E-state index contributed by atoms with van der Waals surface area (Å²) in [6.45, 7) is 4.20. The third kappa shape index (κ3) is 4.17. The average Bonchev–Trinajstić information content (AvgIpc) is 3.37. The van der Waals surface area contributed by atoms with Gasteiger partial charge in [0.25, 0.3) is 0 Å². The monoisotopic (exact) mass is 410 g/mol. The lowest BCUT2D eigenvalue weighted by Gasteiger charge is -2.22. The van der Waals surface area contributed by atoms with Gasteiger partial charge in [-0.15, -0.1) is 0 Å². The number of hydrogen-bond acceptors (Lipinski definition) is 5. The Balaban J connectivity index is 1.32. The van der Waals surface area contributed by atoms with Gasteiger partial charge in [-0.05, 0) is 24.6 Å². The lowest BCUT2D eigenvalue weighted by molar-refractivity contribution is -0.130. The number of pyridine rings is 1. The largest absolute Gasteiger partial charge is 0.495 e. The number of likely N-dealkylation sites (tertiary alicyclic amines) is 1. The number of anilines is 1. The Morgan fingerprint density at radius 1 is 1.17 bits per heavy atom. The number of methoxy groups -OCH3 is 1. The molecule has 0 spiro atoms. The number of carbonyl (C=O) groups excluding carboxylic acids is 2. The van der Waals surface area contributed by atoms with Gasteiger partial charge >= 0.3 is 6.03 Å². The number of hydrogen-bond donors (Lipinski definition) is 0. The third-order valence-corrected chi connectivity index (χ3v) is 5.47. The molecule has 8 heteroatoms. The summed E-state index contributed by atoms with van der Waals surface area (Å²) in [7, 11) is 1.58. The van der Waals surface area contributed by atoms with Gasteiger partial charge in [0.15, 0.2) is 0 Å². The Bertz CT molecular complexity index is 918. The number of carbonyl (C=O) groups is 2. The van der Waals surface area contributed by atoms with E-state index in [2.05, 4.69) is 4.98 Å². The van der Waals surface area contributed by atoms with E-state index < -0.39 is 0 Å². The van der Waals surface area contributed by atoms with Gasteiger partial charge in [0.1, 0.15) is 18.4 Å². The van der Waals surface area contributed by atoms with E-state index in [0.717, 1.165) is 17.7 Å². The van der Waals surface area contributed by atoms with E-state index in [-0.39, 0.29) is 24.6 Å². The maximum Gasteiger partial charge on any atom is 0.325 e. The number of nitrogens with zero attached hydrogens (tertiary/aromatic N) is 4. The van der Waals surface area contributed by atoms with E-state index in [4.69, 9.17) is 9.47 Å². The second-order valence-corrected chi connectivity index (χ2v) is 7.57. The van der Waals surface area contributed by atoms with Crippen LogP contribution < -0.4 is 14.4 Å². The number of ether oxygens (including phenoxy) is 2. The minimum absolute atomic E-state index is 0.0619. The third-order valence-electron chi connectivity index (χ3n) is 5.47. The Labute approximate surface area is 176 Å². The molecule has 0 aliphatic carbocycles. The average molecular weight is 410 g/mol. The smallest absolute Gasteiger partial charge is 0.325 e. The highest BCUT2D eigenvalue weighted by Gasteiger charge is 2.35. The molecule has 1 aromatic carbocycles. The zero-order valence-electron chi connectivity index (χ0n) is 17.3. The Morgan fingerprint density at radius 2 is 2.00 bits per heavy atom. The highest BCUT2D eigenvalue weighted by molar-refractivity contribution is 5.97. The van der Waals surface area contributed by atoms with Crippen molar-refractivity contribution < 1.29 is 19.1 Å². The molecule has 1 atom stereocenters. The van der Waals surface area contributed by atoms with E-state index >= 15 is 0 Å². The SMILES string of the molecule is COc1ccccc1N1CCN(CC(=O)N2CCC(Oc3ccc(C)cn3)C2)C1=O. The van der Waals surface area contributed by atoms with Gasteiger partial charge in [-0.2, -0.15) is 0 Å². The number of aryl methyl sites for hydroxylation is 1. The molecule has 2 fully saturated rings. The van der Waals surface area contributed by atoms with Crippen LogP contribution in [0.15, 0.2) is 42.6 Å². The van der Waals surface area contributed by atoms with Crippen molar-refractivity contribution in [2.45, 2.75) is 19.4 Å². The van der Waals surface area contributed by atoms with Crippen LogP contribution in [0.4, 0.5) is 10.5 Å². The Kier molecular flexibility index (Phi) is 5.74. The fraction of sp³-hybridized carbons (Fsp3) is 0.409. The molecule has 2 aliphatic rings. The molecule has 0 N–H and O–H groups in total. The zero-order valence-corrected chi connectivity index (χ0v) is 17.3. The van der Waals surface area contributed by atoms with Crippen LogP contribution in [-0.4, -0.2) is 72.7 Å². The zero-order chi connectivity index (χ0) is 21.1. The molecular weight excluding hydrogens is 384 g/mol. The number of aromatic nitrogens is 1. The minimum Gasteiger partial charge on any atom is -0.495 e. The lowest BCUT2D eigenvalue weighted by Crippen LogP contribution is -2.42. The number of para-hydroxylation sites is 2. The number of rotatable bonds is 6. The minimum atomic E-state index is -0.177. The summed E-state index contributed by atoms with van der Waals surface area (Å²) in [4.78, 5) is 34.9. The number of benzene rings is 1. The molecule has 0 saturated carbocycles. The molecule has 1 unspecified atom stereocenters. The Hall–Kier alpha value is -3.29. The van der Waals surface area contributed by atoms with Crippen LogP contribution in [0, 0.1) is 6.92 Å². The summed E-state index contributed by atoms with van der Waals surface area (Å²) in [6.07, 6.45) is 2.44. The van der Waals surface area contributed by atoms with Crippen LogP contribution in [0.3, 0.4) is 0 Å². The summed E-state index contributed by atoms with van der Waals surface area (Å²) in [6, 6.07) is 11.0. The van der Waals surface area contributed by atoms with E-state index in [9.17, 15) is 9.59 Å². The predicted molar refractivity (Wildman–Crippen MR) is 112 cm³/mol. The molecule has 2 aliphatic heterocycles. The van der Waals surface area contributed by atoms with Crippen molar-refractivity contribution in [3.05, 3.63) is 48.2 Å². The molecule has 0 bridgehead atoms. The van der Waals surface area contributed by atoms with Crippen LogP contribution in [0.5, 0.6) is 11.6 Å². The van der Waals surface area contributed by atoms with Crippen molar-refractivity contribution in [3.8, 4) is 11.6 Å². The van der Waals surface area contributed by atoms with Crippen LogP contribution in [-0.2, 0) is 4.79 Å². The number of amides is 3. The predicted octanol–water partition coefficient (Wildman–Crippen LogP) is 2.32. The summed E-state index contributed by atoms with van der Waals surface area (Å²) in [5.41, 5.74) is 1.79. The van der Waals surface area contributed by atoms with Crippen molar-refractivity contribution in [3.63, 3.8) is 0 Å². The van der Waals surface area contributed by atoms with Crippen molar-refractivity contribution in [2.75, 3.05) is 44.7 Å². The summed E-state index contributed by atoms with van der Waals surface area (Å²) >= 11 is 0. The van der Waals surface area contributed by atoms with E-state index in [1.165, 1.54) is 0 Å². The lowest BCUT2D eigenvalue weighted by atomic mass is 10.2. The first-order valence-electron chi connectivity index (χ1n) is 10.1. The van der Waals surface area contributed by atoms with Gasteiger partial charge in [0, 0.05) is 38.3 Å². The Morgan fingerprint density at radius 3 is 2.77 bits per heavy atom. The second kappa shape index (κ2) is 8.61. The molecule has 0 radical (unpaired) electrons. The van der Waals surface area contributed by atoms with Gasteiger partial charge < -0.3 is 19.3 Å². The molecule has 4 rings (SSSR count). The first-order valence-corrected chi connectivity index (χ1v) is 10.1. The second-order valence-electron chi connectivity index (χ2n) is 7.57. The van der Waals surface area contributed by atoms with Crippen LogP contribution in [0.2, 0.25) is 0 Å². The van der Waals surface area contributed by atoms with Gasteiger partial charge in [-0.1, -0.05) is 18.2 Å². The standard InChI is InChI=1S/C22H26N4O4/c1-16-7-8-20(23-13-16)30-17-9-10-24(14-17)21(27)15-25-11-12-26(22(25)28)18-5-3-4-6-19(18)29-2/h3-8,13,17H,9-12,14-15H2,1-2H3. The normalized spacial score (nSPS) is 18.8. The fourth-order valence-electron chi connectivity index (χ4n) is 3.81. The molecule has 2 aromatic rings. The highest BCUT2D eigenvalue weighted by Crippen LogP contribution is 2.30. The fourth-order valence-corrected chi connectivity index (χ4v) is 3.81. The van der Waals surface area contributed by atoms with E-state index in [1.54, 1.807) is 28.0 Å². The van der Waals surface area contributed by atoms with Crippen LogP contribution >= 0.6 is 0 Å². The summed E-state index contributed by atoms with van der Waals surface area (Å²) in [5, 5.41) is 0. The highest BCUT2D eigenvalue weighted by atomic mass is 16.5. The van der Waals surface area contributed by atoms with Gasteiger partial charge in [-0.25, -0.2) is 9.78 Å². The van der Waals surface area contributed by atoms with Gasteiger partial charge in [0.2, 0.25) is 11.8 Å². The first kappa shape index (κ1) is 20.0. The molecule has 3 heterocycles. The van der Waals surface area contributed by atoms with Crippen molar-refractivity contribution >= 4 is 17.6 Å². The maximum absolute atomic E-state index is 12.9. The summed E-state index contributed by atoms with van der Waals surface area (Å²) in [5.74, 6) is 1.15. The molecular formula is C22H26N4O4. The van der Waals surface area contributed by atoms with Crippen molar-refractivity contribution in [1.29, 1.82) is 0 Å². The van der Waals surface area contributed by atoms with Crippen molar-refractivity contribution in [1.82, 2.24) is 14.8 Å². The van der Waals surface area contributed by atoms with E-state index in [1.807, 2.05) is 43.3 Å². The molecule has 158 valence electrons.